The summed E-state index contributed by atoms with van der Waals surface area (Å²) in [5.74, 6) is 1.46. The van der Waals surface area contributed by atoms with Gasteiger partial charge in [0.05, 0.1) is 12.3 Å². The fourth-order valence-electron chi connectivity index (χ4n) is 2.97. The van der Waals surface area contributed by atoms with Crippen LogP contribution < -0.4 is 10.6 Å². The fraction of sp³-hybridized carbons (Fsp3) is 0.304. The highest BCUT2D eigenvalue weighted by Crippen LogP contribution is 2.20. The van der Waals surface area contributed by atoms with Gasteiger partial charge in [-0.2, -0.15) is 0 Å². The number of carbonyl (C=O) groups excluding carboxylic acids is 1. The van der Waals surface area contributed by atoms with E-state index in [4.69, 9.17) is 4.42 Å². The number of hydrogen-bond donors (Lipinski definition) is 2. The van der Waals surface area contributed by atoms with E-state index in [9.17, 15) is 4.79 Å². The summed E-state index contributed by atoms with van der Waals surface area (Å²) in [7, 11) is 3.46. The van der Waals surface area contributed by atoms with Gasteiger partial charge in [0.15, 0.2) is 5.96 Å². The molecule has 0 saturated heterocycles. The first-order chi connectivity index (χ1) is 14.0. The number of guanidine groups is 1. The van der Waals surface area contributed by atoms with E-state index in [-0.39, 0.29) is 42.5 Å². The lowest BCUT2D eigenvalue weighted by Gasteiger charge is -2.19. The van der Waals surface area contributed by atoms with E-state index in [1.54, 1.807) is 20.4 Å². The molecule has 6 nitrogen and oxygen atoms in total. The minimum atomic E-state index is -0.0458. The topological polar surface area (TPSA) is 69.9 Å². The van der Waals surface area contributed by atoms with Crippen LogP contribution in [-0.2, 0) is 11.2 Å². The number of amides is 1. The van der Waals surface area contributed by atoms with Crippen LogP contribution in [0.4, 0.5) is 0 Å². The average molecular weight is 520 g/mol. The molecule has 1 unspecified atom stereocenters. The summed E-state index contributed by atoms with van der Waals surface area (Å²) >= 11 is 0. The smallest absolute Gasteiger partial charge is 0.243 e. The number of furan rings is 1. The number of rotatable bonds is 7. The molecule has 0 bridgehead atoms. The summed E-state index contributed by atoms with van der Waals surface area (Å²) in [6, 6.07) is 18.6. The van der Waals surface area contributed by atoms with Crippen LogP contribution in [-0.4, -0.2) is 44.0 Å². The SMILES string of the molecule is CC(NC(=NCC(=O)N(C)C)NCCc1ccco1)c1ccc2ccccc2c1.I. The second-order valence-corrected chi connectivity index (χ2v) is 7.18. The number of nitrogens with one attached hydrogen (secondary N) is 2. The number of nitrogens with zero attached hydrogens (tertiary/aromatic N) is 2. The molecule has 2 N–H and O–H groups in total. The molecule has 1 amide bonds. The highest BCUT2D eigenvalue weighted by atomic mass is 127. The maximum Gasteiger partial charge on any atom is 0.243 e. The predicted molar refractivity (Wildman–Crippen MR) is 132 cm³/mol. The van der Waals surface area contributed by atoms with E-state index in [1.165, 1.54) is 15.7 Å². The Bertz CT molecular complexity index is 970. The zero-order valence-corrected chi connectivity index (χ0v) is 19.9. The van der Waals surface area contributed by atoms with Crippen molar-refractivity contribution in [1.82, 2.24) is 15.5 Å². The number of fused-ring (bicyclic) bond motifs is 1. The van der Waals surface area contributed by atoms with Gasteiger partial charge in [-0.15, -0.1) is 24.0 Å². The number of halogens is 1. The van der Waals surface area contributed by atoms with E-state index in [0.29, 0.717) is 12.5 Å². The molecule has 0 fully saturated rings. The van der Waals surface area contributed by atoms with Gasteiger partial charge in [0.1, 0.15) is 12.3 Å². The molecular weight excluding hydrogens is 491 g/mol. The highest BCUT2D eigenvalue weighted by Gasteiger charge is 2.10. The van der Waals surface area contributed by atoms with Gasteiger partial charge in [0, 0.05) is 27.1 Å². The zero-order chi connectivity index (χ0) is 20.6. The Hall–Kier alpha value is -2.55. The summed E-state index contributed by atoms with van der Waals surface area (Å²) in [5, 5.41) is 9.12. The molecule has 1 heterocycles. The van der Waals surface area contributed by atoms with E-state index in [2.05, 4.69) is 52.9 Å². The van der Waals surface area contributed by atoms with Crippen LogP contribution >= 0.6 is 24.0 Å². The Kier molecular flexibility index (Phi) is 9.16. The van der Waals surface area contributed by atoms with Crippen LogP contribution in [0.15, 0.2) is 70.3 Å². The first-order valence-electron chi connectivity index (χ1n) is 9.79. The van der Waals surface area contributed by atoms with Crippen LogP contribution in [0.5, 0.6) is 0 Å². The molecule has 160 valence electrons. The van der Waals surface area contributed by atoms with Gasteiger partial charge >= 0.3 is 0 Å². The molecule has 2 aromatic carbocycles. The van der Waals surface area contributed by atoms with Crippen LogP contribution in [0.25, 0.3) is 10.8 Å². The highest BCUT2D eigenvalue weighted by molar-refractivity contribution is 14.0. The second-order valence-electron chi connectivity index (χ2n) is 7.18. The molecule has 0 aliphatic rings. The maximum absolute atomic E-state index is 12.0. The van der Waals surface area contributed by atoms with Gasteiger partial charge in [-0.25, -0.2) is 4.99 Å². The van der Waals surface area contributed by atoms with Crippen LogP contribution in [0.3, 0.4) is 0 Å². The van der Waals surface area contributed by atoms with Crippen molar-refractivity contribution >= 4 is 46.6 Å². The third-order valence-electron chi connectivity index (χ3n) is 4.74. The molecule has 1 aromatic heterocycles. The zero-order valence-electron chi connectivity index (χ0n) is 17.6. The van der Waals surface area contributed by atoms with Crippen molar-refractivity contribution in [1.29, 1.82) is 0 Å². The van der Waals surface area contributed by atoms with Gasteiger partial charge in [-0.1, -0.05) is 36.4 Å². The molecule has 30 heavy (non-hydrogen) atoms. The summed E-state index contributed by atoms with van der Waals surface area (Å²) in [5.41, 5.74) is 1.16. The summed E-state index contributed by atoms with van der Waals surface area (Å²) in [4.78, 5) is 18.0. The minimum Gasteiger partial charge on any atom is -0.469 e. The molecular formula is C23H29IN4O2. The van der Waals surface area contributed by atoms with E-state index in [0.717, 1.165) is 17.7 Å². The van der Waals surface area contributed by atoms with Crippen molar-refractivity contribution in [3.63, 3.8) is 0 Å². The normalized spacial score (nSPS) is 12.2. The lowest BCUT2D eigenvalue weighted by Crippen LogP contribution is -2.40. The summed E-state index contributed by atoms with van der Waals surface area (Å²) < 4.78 is 5.38. The largest absolute Gasteiger partial charge is 0.469 e. The van der Waals surface area contributed by atoms with E-state index >= 15 is 0 Å². The van der Waals surface area contributed by atoms with Crippen molar-refractivity contribution in [2.75, 3.05) is 27.2 Å². The molecule has 3 rings (SSSR count). The van der Waals surface area contributed by atoms with Crippen LogP contribution in [0.2, 0.25) is 0 Å². The lowest BCUT2D eigenvalue weighted by atomic mass is 10.0. The van der Waals surface area contributed by atoms with Gasteiger partial charge in [0.25, 0.3) is 0 Å². The molecule has 0 radical (unpaired) electrons. The Morgan fingerprint density at radius 1 is 1.10 bits per heavy atom. The maximum atomic E-state index is 12.0. The molecule has 1 atom stereocenters. The fourth-order valence-corrected chi connectivity index (χ4v) is 2.97. The Labute approximate surface area is 194 Å². The Morgan fingerprint density at radius 2 is 1.87 bits per heavy atom. The number of benzene rings is 2. The molecule has 0 aliphatic carbocycles. The average Bonchev–Trinajstić information content (AvgIpc) is 3.24. The lowest BCUT2D eigenvalue weighted by molar-refractivity contribution is -0.127. The van der Waals surface area contributed by atoms with Crippen molar-refractivity contribution in [3.8, 4) is 0 Å². The molecule has 0 spiro atoms. The number of hydrogen-bond acceptors (Lipinski definition) is 3. The number of carbonyl (C=O) groups is 1. The second kappa shape index (κ2) is 11.6. The predicted octanol–water partition coefficient (Wildman–Crippen LogP) is 3.98. The van der Waals surface area contributed by atoms with Crippen molar-refractivity contribution in [3.05, 3.63) is 72.2 Å². The molecule has 7 heteroatoms. The van der Waals surface area contributed by atoms with Crippen molar-refractivity contribution in [2.45, 2.75) is 19.4 Å². The number of aliphatic imine (C=N–C) groups is 1. The van der Waals surface area contributed by atoms with E-state index < -0.39 is 0 Å². The third-order valence-corrected chi connectivity index (χ3v) is 4.74. The minimum absolute atomic E-state index is 0. The van der Waals surface area contributed by atoms with Gasteiger partial charge in [0.2, 0.25) is 5.91 Å². The molecule has 0 aliphatic heterocycles. The number of likely N-dealkylation sites (N-methyl/N-ethyl adjacent to an activating group) is 1. The van der Waals surface area contributed by atoms with Crippen molar-refractivity contribution < 1.29 is 9.21 Å². The Balaban J connectivity index is 0.00000320. The summed E-state index contributed by atoms with van der Waals surface area (Å²) in [6.45, 7) is 2.83. The summed E-state index contributed by atoms with van der Waals surface area (Å²) in [6.07, 6.45) is 2.40. The monoisotopic (exact) mass is 520 g/mol. The molecule has 3 aromatic rings. The first kappa shape index (κ1) is 23.7. The molecule has 0 saturated carbocycles. The Morgan fingerprint density at radius 3 is 2.57 bits per heavy atom. The van der Waals surface area contributed by atoms with Crippen molar-refractivity contribution in [2.24, 2.45) is 4.99 Å². The standard InChI is InChI=1S/C23H28N4O2.HI/c1-17(19-11-10-18-7-4-5-8-20(18)15-19)26-23(25-16-22(28)27(2)3)24-13-12-21-9-6-14-29-21;/h4-11,14-15,17H,12-13,16H2,1-3H3,(H2,24,25,26);1H. The first-order valence-corrected chi connectivity index (χ1v) is 9.79. The van der Waals surface area contributed by atoms with E-state index in [1.807, 2.05) is 24.3 Å². The van der Waals surface area contributed by atoms with Gasteiger partial charge < -0.3 is 20.0 Å². The third kappa shape index (κ3) is 6.76. The van der Waals surface area contributed by atoms with Gasteiger partial charge in [-0.05, 0) is 41.5 Å². The van der Waals surface area contributed by atoms with Crippen LogP contribution in [0.1, 0.15) is 24.3 Å². The van der Waals surface area contributed by atoms with Gasteiger partial charge in [-0.3, -0.25) is 4.79 Å². The van der Waals surface area contributed by atoms with Crippen LogP contribution in [0, 0.1) is 0 Å². The quantitative estimate of drug-likeness (QED) is 0.281.